The summed E-state index contributed by atoms with van der Waals surface area (Å²) in [6.45, 7) is 6.16. The van der Waals surface area contributed by atoms with Crippen LogP contribution in [0.4, 0.5) is 11.8 Å². The molecule has 0 aromatic carbocycles. The molecule has 0 bridgehead atoms. The Bertz CT molecular complexity index is 712. The summed E-state index contributed by atoms with van der Waals surface area (Å²) in [5.74, 6) is 1.84. The molecule has 1 aliphatic rings. The number of furan rings is 1. The number of carbonyl (C=O) groups excluding carboxylic acids is 1. The van der Waals surface area contributed by atoms with Crippen molar-refractivity contribution in [2.75, 3.05) is 56.7 Å². The first-order chi connectivity index (χ1) is 12.7. The van der Waals surface area contributed by atoms with E-state index in [0.29, 0.717) is 31.4 Å². The van der Waals surface area contributed by atoms with Crippen LogP contribution in [-0.4, -0.2) is 67.2 Å². The van der Waals surface area contributed by atoms with Crippen LogP contribution in [0.3, 0.4) is 0 Å². The number of hydrogen-bond donors (Lipinski definition) is 1. The van der Waals surface area contributed by atoms with Crippen LogP contribution in [0.5, 0.6) is 0 Å². The lowest BCUT2D eigenvalue weighted by atomic mass is 10.2. The van der Waals surface area contributed by atoms with E-state index in [2.05, 4.69) is 20.2 Å². The molecular formula is C18H25N5O3. The molecule has 0 saturated carbocycles. The molecule has 1 N–H and O–H groups in total. The van der Waals surface area contributed by atoms with E-state index in [9.17, 15) is 4.79 Å². The van der Waals surface area contributed by atoms with Crippen LogP contribution < -0.4 is 10.2 Å². The highest BCUT2D eigenvalue weighted by atomic mass is 16.5. The smallest absolute Gasteiger partial charge is 0.289 e. The van der Waals surface area contributed by atoms with E-state index in [1.165, 1.54) is 6.26 Å². The lowest BCUT2D eigenvalue weighted by Crippen LogP contribution is -2.49. The van der Waals surface area contributed by atoms with Crippen molar-refractivity contribution in [3.05, 3.63) is 35.9 Å². The Morgan fingerprint density at radius 1 is 1.31 bits per heavy atom. The highest BCUT2D eigenvalue weighted by molar-refractivity contribution is 5.91. The SMILES string of the molecule is COCCCNc1nc(C)cc(N2CCN(C(=O)c3ccco3)CC2)n1. The quantitative estimate of drug-likeness (QED) is 0.755. The van der Waals surface area contributed by atoms with Gasteiger partial charge in [0, 0.05) is 58.2 Å². The maximum Gasteiger partial charge on any atom is 0.289 e. The molecule has 1 amide bonds. The van der Waals surface area contributed by atoms with Gasteiger partial charge in [-0.1, -0.05) is 0 Å². The number of nitrogens with one attached hydrogen (secondary N) is 1. The van der Waals surface area contributed by atoms with Crippen LogP contribution in [0.15, 0.2) is 28.9 Å². The van der Waals surface area contributed by atoms with Gasteiger partial charge >= 0.3 is 0 Å². The third-order valence-electron chi connectivity index (χ3n) is 4.27. The molecule has 2 aromatic heterocycles. The topological polar surface area (TPSA) is 83.7 Å². The summed E-state index contributed by atoms with van der Waals surface area (Å²) in [6, 6.07) is 5.41. The number of ether oxygens (including phenoxy) is 1. The summed E-state index contributed by atoms with van der Waals surface area (Å²) < 4.78 is 10.3. The van der Waals surface area contributed by atoms with E-state index in [0.717, 1.165) is 37.6 Å². The van der Waals surface area contributed by atoms with Crippen LogP contribution in [0.25, 0.3) is 0 Å². The van der Waals surface area contributed by atoms with E-state index >= 15 is 0 Å². The molecule has 0 radical (unpaired) electrons. The van der Waals surface area contributed by atoms with Crippen molar-refractivity contribution in [3.63, 3.8) is 0 Å². The number of hydrogen-bond acceptors (Lipinski definition) is 7. The maximum atomic E-state index is 12.4. The van der Waals surface area contributed by atoms with Crippen LogP contribution in [0, 0.1) is 6.92 Å². The lowest BCUT2D eigenvalue weighted by molar-refractivity contribution is 0.0714. The molecule has 1 aliphatic heterocycles. The summed E-state index contributed by atoms with van der Waals surface area (Å²) in [4.78, 5) is 25.4. The molecule has 8 heteroatoms. The van der Waals surface area contributed by atoms with Crippen molar-refractivity contribution in [3.8, 4) is 0 Å². The summed E-state index contributed by atoms with van der Waals surface area (Å²) in [5.41, 5.74) is 0.915. The number of nitrogens with zero attached hydrogens (tertiary/aromatic N) is 4. The monoisotopic (exact) mass is 359 g/mol. The number of aryl methyl sites for hydroxylation is 1. The largest absolute Gasteiger partial charge is 0.459 e. The van der Waals surface area contributed by atoms with Crippen LogP contribution in [0.2, 0.25) is 0 Å². The zero-order valence-corrected chi connectivity index (χ0v) is 15.3. The van der Waals surface area contributed by atoms with E-state index in [4.69, 9.17) is 9.15 Å². The minimum absolute atomic E-state index is 0.0611. The fourth-order valence-corrected chi connectivity index (χ4v) is 2.90. The summed E-state index contributed by atoms with van der Waals surface area (Å²) in [7, 11) is 1.69. The standard InChI is InChI=1S/C18H25N5O3/c1-14-13-16(21-18(20-14)19-6-4-11-25-2)22-7-9-23(10-8-22)17(24)15-5-3-12-26-15/h3,5,12-13H,4,6-11H2,1-2H3,(H,19,20,21). The van der Waals surface area contributed by atoms with Crippen LogP contribution in [-0.2, 0) is 4.74 Å². The molecule has 1 saturated heterocycles. The third-order valence-corrected chi connectivity index (χ3v) is 4.27. The van der Waals surface area contributed by atoms with Gasteiger partial charge in [0.1, 0.15) is 5.82 Å². The van der Waals surface area contributed by atoms with Gasteiger partial charge in [0.15, 0.2) is 5.76 Å². The molecule has 8 nitrogen and oxygen atoms in total. The molecule has 3 heterocycles. The fourth-order valence-electron chi connectivity index (χ4n) is 2.90. The van der Waals surface area contributed by atoms with Gasteiger partial charge in [-0.3, -0.25) is 4.79 Å². The van der Waals surface area contributed by atoms with Gasteiger partial charge in [0.2, 0.25) is 5.95 Å². The highest BCUT2D eigenvalue weighted by Gasteiger charge is 2.24. The number of rotatable bonds is 7. The number of anilines is 2. The Labute approximate surface area is 153 Å². The van der Waals surface area contributed by atoms with Gasteiger partial charge in [-0.2, -0.15) is 4.98 Å². The van der Waals surface area contributed by atoms with Crippen LogP contribution in [0.1, 0.15) is 22.7 Å². The molecule has 3 rings (SSSR count). The van der Waals surface area contributed by atoms with E-state index in [1.807, 2.05) is 17.9 Å². The van der Waals surface area contributed by atoms with Crippen molar-refractivity contribution in [1.82, 2.24) is 14.9 Å². The summed E-state index contributed by atoms with van der Waals surface area (Å²) in [6.07, 6.45) is 2.42. The van der Waals surface area contributed by atoms with Gasteiger partial charge in [0.05, 0.1) is 6.26 Å². The van der Waals surface area contributed by atoms with E-state index in [-0.39, 0.29) is 5.91 Å². The summed E-state index contributed by atoms with van der Waals surface area (Å²) >= 11 is 0. The molecule has 140 valence electrons. The first-order valence-electron chi connectivity index (χ1n) is 8.83. The minimum atomic E-state index is -0.0611. The van der Waals surface area contributed by atoms with Gasteiger partial charge in [0.25, 0.3) is 5.91 Å². The number of aromatic nitrogens is 2. The number of carbonyl (C=O) groups is 1. The molecule has 0 aliphatic carbocycles. The van der Waals surface area contributed by atoms with Crippen molar-refractivity contribution in [1.29, 1.82) is 0 Å². The predicted octanol–water partition coefficient (Wildman–Crippen LogP) is 1.79. The van der Waals surface area contributed by atoms with E-state index in [1.54, 1.807) is 19.2 Å². The minimum Gasteiger partial charge on any atom is -0.459 e. The number of piperazine rings is 1. The van der Waals surface area contributed by atoms with Gasteiger partial charge in [-0.05, 0) is 25.5 Å². The number of amides is 1. The number of methoxy groups -OCH3 is 1. The van der Waals surface area contributed by atoms with Gasteiger partial charge in [-0.25, -0.2) is 4.98 Å². The average Bonchev–Trinajstić information content (AvgIpc) is 3.19. The van der Waals surface area contributed by atoms with Crippen LogP contribution >= 0.6 is 0 Å². The van der Waals surface area contributed by atoms with Crippen molar-refractivity contribution in [2.24, 2.45) is 0 Å². The van der Waals surface area contributed by atoms with Gasteiger partial charge in [-0.15, -0.1) is 0 Å². The third kappa shape index (κ3) is 4.51. The average molecular weight is 359 g/mol. The van der Waals surface area contributed by atoms with Crippen molar-refractivity contribution >= 4 is 17.7 Å². The molecule has 0 atom stereocenters. The lowest BCUT2D eigenvalue weighted by Gasteiger charge is -2.35. The molecule has 0 spiro atoms. The Balaban J connectivity index is 1.58. The Hall–Kier alpha value is -2.61. The zero-order valence-electron chi connectivity index (χ0n) is 15.3. The van der Waals surface area contributed by atoms with Gasteiger partial charge < -0.3 is 24.3 Å². The van der Waals surface area contributed by atoms with Crippen molar-refractivity contribution in [2.45, 2.75) is 13.3 Å². The second kappa shape index (κ2) is 8.66. The fraction of sp³-hybridized carbons (Fsp3) is 0.500. The Kier molecular flexibility index (Phi) is 6.06. The molecule has 0 unspecified atom stereocenters. The maximum absolute atomic E-state index is 12.4. The Morgan fingerprint density at radius 2 is 2.12 bits per heavy atom. The molecule has 2 aromatic rings. The first-order valence-corrected chi connectivity index (χ1v) is 8.83. The Morgan fingerprint density at radius 3 is 2.81 bits per heavy atom. The molecule has 1 fully saturated rings. The predicted molar refractivity (Wildman–Crippen MR) is 98.6 cm³/mol. The second-order valence-corrected chi connectivity index (χ2v) is 6.22. The zero-order chi connectivity index (χ0) is 18.4. The highest BCUT2D eigenvalue weighted by Crippen LogP contribution is 2.18. The first kappa shape index (κ1) is 18.2. The summed E-state index contributed by atoms with van der Waals surface area (Å²) in [5, 5.41) is 3.24. The van der Waals surface area contributed by atoms with E-state index < -0.39 is 0 Å². The second-order valence-electron chi connectivity index (χ2n) is 6.22. The normalized spacial score (nSPS) is 14.5. The molecule has 26 heavy (non-hydrogen) atoms. The van der Waals surface area contributed by atoms with Crippen molar-refractivity contribution < 1.29 is 13.9 Å². The molecular weight excluding hydrogens is 334 g/mol.